The Balaban J connectivity index is 2.53. The minimum Gasteiger partial charge on any atom is -0.388 e. The highest BCUT2D eigenvalue weighted by molar-refractivity contribution is 5.77. The van der Waals surface area contributed by atoms with Crippen LogP contribution in [0.3, 0.4) is 0 Å². The largest absolute Gasteiger partial charge is 0.401 e. The maximum Gasteiger partial charge on any atom is 0.401 e. The van der Waals surface area contributed by atoms with Crippen LogP contribution in [-0.4, -0.2) is 35.5 Å². The molecule has 3 nitrogen and oxygen atoms in total. The molecule has 0 amide bonds. The van der Waals surface area contributed by atoms with Gasteiger partial charge in [-0.3, -0.25) is 10.3 Å². The fourth-order valence-corrected chi connectivity index (χ4v) is 1.69. The second kappa shape index (κ2) is 4.38. The third kappa shape index (κ3) is 4.51. The Labute approximate surface area is 86.9 Å². The Morgan fingerprint density at radius 2 is 2.07 bits per heavy atom. The van der Waals surface area contributed by atoms with Crippen LogP contribution in [0.25, 0.3) is 0 Å². The fraction of sp³-hybridized carbons (Fsp3) is 0.889. The molecule has 1 atom stereocenters. The van der Waals surface area contributed by atoms with Gasteiger partial charge in [0, 0.05) is 18.5 Å². The third-order valence-electron chi connectivity index (χ3n) is 2.46. The molecule has 0 aliphatic heterocycles. The second-order valence-electron chi connectivity index (χ2n) is 4.10. The summed E-state index contributed by atoms with van der Waals surface area (Å²) < 4.78 is 36.8. The van der Waals surface area contributed by atoms with Crippen molar-refractivity contribution in [2.45, 2.75) is 44.4 Å². The molecule has 3 N–H and O–H groups in total. The van der Waals surface area contributed by atoms with E-state index in [2.05, 4.69) is 0 Å². The first-order valence-corrected chi connectivity index (χ1v) is 4.95. The Morgan fingerprint density at radius 3 is 2.40 bits per heavy atom. The van der Waals surface area contributed by atoms with Crippen molar-refractivity contribution in [1.82, 2.24) is 4.90 Å². The van der Waals surface area contributed by atoms with E-state index < -0.39 is 12.7 Å². The summed E-state index contributed by atoms with van der Waals surface area (Å²) in [7, 11) is 0. The van der Waals surface area contributed by atoms with E-state index in [1.165, 1.54) is 4.90 Å². The zero-order valence-corrected chi connectivity index (χ0v) is 8.64. The molecule has 0 saturated heterocycles. The summed E-state index contributed by atoms with van der Waals surface area (Å²) in [4.78, 5) is 1.40. The minimum atomic E-state index is -4.17. The van der Waals surface area contributed by atoms with Crippen LogP contribution in [0, 0.1) is 5.41 Å². The SMILES string of the molecule is CC(CC(=N)N)N(CC(F)(F)F)C1CC1. The zero-order valence-electron chi connectivity index (χ0n) is 8.64. The first kappa shape index (κ1) is 12.3. The van der Waals surface area contributed by atoms with Gasteiger partial charge in [-0.2, -0.15) is 13.2 Å². The summed E-state index contributed by atoms with van der Waals surface area (Å²) in [5, 5.41) is 7.08. The molecule has 1 unspecified atom stereocenters. The molecule has 1 rings (SSSR count). The van der Waals surface area contributed by atoms with Crippen molar-refractivity contribution in [3.63, 3.8) is 0 Å². The Bertz CT molecular complexity index is 235. The minimum absolute atomic E-state index is 0.0287. The highest BCUT2D eigenvalue weighted by Crippen LogP contribution is 2.32. The first-order valence-electron chi connectivity index (χ1n) is 4.95. The number of nitrogens with zero attached hydrogens (tertiary/aromatic N) is 1. The van der Waals surface area contributed by atoms with Crippen LogP contribution in [0.15, 0.2) is 0 Å². The quantitative estimate of drug-likeness (QED) is 0.551. The van der Waals surface area contributed by atoms with Crippen LogP contribution in [0.4, 0.5) is 13.2 Å². The van der Waals surface area contributed by atoms with Gasteiger partial charge < -0.3 is 5.73 Å². The van der Waals surface area contributed by atoms with E-state index in [1.807, 2.05) is 0 Å². The van der Waals surface area contributed by atoms with Gasteiger partial charge in [0.25, 0.3) is 0 Å². The van der Waals surface area contributed by atoms with Crippen LogP contribution in [0.5, 0.6) is 0 Å². The summed E-state index contributed by atoms with van der Waals surface area (Å²) in [5.74, 6) is -0.0599. The highest BCUT2D eigenvalue weighted by atomic mass is 19.4. The predicted octanol–water partition coefficient (Wildman–Crippen LogP) is 1.73. The summed E-state index contributed by atoms with van der Waals surface area (Å²) in [6.07, 6.45) is -2.34. The van der Waals surface area contributed by atoms with E-state index in [0.717, 1.165) is 12.8 Å². The molecule has 0 spiro atoms. The van der Waals surface area contributed by atoms with Gasteiger partial charge in [-0.1, -0.05) is 0 Å². The Morgan fingerprint density at radius 1 is 1.53 bits per heavy atom. The molecule has 0 aromatic carbocycles. The van der Waals surface area contributed by atoms with Gasteiger partial charge in [-0.15, -0.1) is 0 Å². The number of halogens is 3. The lowest BCUT2D eigenvalue weighted by atomic mass is 10.2. The highest BCUT2D eigenvalue weighted by Gasteiger charge is 2.40. The molecule has 1 saturated carbocycles. The molecule has 88 valence electrons. The number of hydrogen-bond acceptors (Lipinski definition) is 2. The number of rotatable bonds is 5. The number of hydrogen-bond donors (Lipinski definition) is 2. The van der Waals surface area contributed by atoms with E-state index in [0.29, 0.717) is 0 Å². The second-order valence-corrected chi connectivity index (χ2v) is 4.10. The van der Waals surface area contributed by atoms with Gasteiger partial charge in [0.2, 0.25) is 0 Å². The standard InChI is InChI=1S/C9H16F3N3/c1-6(4-8(13)14)15(7-2-3-7)5-9(10,11)12/h6-7H,2-5H2,1H3,(H3,13,14). The number of nitrogens with two attached hydrogens (primary N) is 1. The van der Waals surface area contributed by atoms with Gasteiger partial charge in [-0.25, -0.2) is 0 Å². The van der Waals surface area contributed by atoms with Gasteiger partial charge in [0.1, 0.15) is 0 Å². The smallest absolute Gasteiger partial charge is 0.388 e. The van der Waals surface area contributed by atoms with Crippen molar-refractivity contribution in [2.75, 3.05) is 6.54 Å². The van der Waals surface area contributed by atoms with Crippen molar-refractivity contribution in [2.24, 2.45) is 5.73 Å². The predicted molar refractivity (Wildman–Crippen MR) is 51.8 cm³/mol. The van der Waals surface area contributed by atoms with Gasteiger partial charge in [0.05, 0.1) is 12.4 Å². The average molecular weight is 223 g/mol. The molecule has 0 bridgehead atoms. The van der Waals surface area contributed by atoms with Crippen LogP contribution < -0.4 is 5.73 Å². The van der Waals surface area contributed by atoms with Crippen LogP contribution in [0.1, 0.15) is 26.2 Å². The third-order valence-corrected chi connectivity index (χ3v) is 2.46. The maximum absolute atomic E-state index is 12.3. The maximum atomic E-state index is 12.3. The lowest BCUT2D eigenvalue weighted by Crippen LogP contribution is -2.43. The van der Waals surface area contributed by atoms with E-state index in [4.69, 9.17) is 11.1 Å². The van der Waals surface area contributed by atoms with E-state index in [1.54, 1.807) is 6.92 Å². The molecule has 1 aliphatic carbocycles. The summed E-state index contributed by atoms with van der Waals surface area (Å²) in [5.41, 5.74) is 5.19. The topological polar surface area (TPSA) is 53.1 Å². The first-order chi connectivity index (χ1) is 6.79. The van der Waals surface area contributed by atoms with E-state index in [9.17, 15) is 13.2 Å². The number of nitrogens with one attached hydrogen (secondary N) is 1. The normalized spacial score (nSPS) is 19.3. The molecule has 1 aliphatic rings. The molecule has 15 heavy (non-hydrogen) atoms. The van der Waals surface area contributed by atoms with Crippen molar-refractivity contribution in [3.05, 3.63) is 0 Å². The lowest BCUT2D eigenvalue weighted by molar-refractivity contribution is -0.151. The molecular weight excluding hydrogens is 207 g/mol. The summed E-state index contributed by atoms with van der Waals surface area (Å²) >= 11 is 0. The van der Waals surface area contributed by atoms with Crippen LogP contribution in [0.2, 0.25) is 0 Å². The van der Waals surface area contributed by atoms with Gasteiger partial charge in [0.15, 0.2) is 0 Å². The summed E-state index contributed by atoms with van der Waals surface area (Å²) in [6.45, 7) is 0.789. The molecule has 0 aromatic rings. The van der Waals surface area contributed by atoms with E-state index >= 15 is 0 Å². The van der Waals surface area contributed by atoms with Gasteiger partial charge >= 0.3 is 6.18 Å². The zero-order chi connectivity index (χ0) is 11.6. The Hall–Kier alpha value is -0.780. The molecule has 0 heterocycles. The molecule has 0 radical (unpaired) electrons. The van der Waals surface area contributed by atoms with Crippen molar-refractivity contribution < 1.29 is 13.2 Å². The molecule has 0 aromatic heterocycles. The molecular formula is C9H16F3N3. The lowest BCUT2D eigenvalue weighted by Gasteiger charge is -2.29. The molecule has 1 fully saturated rings. The summed E-state index contributed by atoms with van der Waals surface area (Å²) in [6, 6.07) is -0.280. The monoisotopic (exact) mass is 223 g/mol. The van der Waals surface area contributed by atoms with Crippen molar-refractivity contribution in [3.8, 4) is 0 Å². The van der Waals surface area contributed by atoms with Crippen molar-refractivity contribution in [1.29, 1.82) is 5.41 Å². The van der Waals surface area contributed by atoms with Crippen LogP contribution in [-0.2, 0) is 0 Å². The van der Waals surface area contributed by atoms with Crippen LogP contribution >= 0.6 is 0 Å². The fourth-order valence-electron chi connectivity index (χ4n) is 1.69. The Kier molecular flexibility index (Phi) is 3.59. The van der Waals surface area contributed by atoms with E-state index in [-0.39, 0.29) is 24.3 Å². The number of alkyl halides is 3. The molecule has 6 heteroatoms. The number of amidine groups is 1. The average Bonchev–Trinajstić information content (AvgIpc) is 2.78. The van der Waals surface area contributed by atoms with Crippen molar-refractivity contribution >= 4 is 5.84 Å². The van der Waals surface area contributed by atoms with Gasteiger partial charge in [-0.05, 0) is 19.8 Å².